The Kier molecular flexibility index (Phi) is 10.1. The van der Waals surface area contributed by atoms with Crippen LogP contribution in [0.25, 0.3) is 0 Å². The molecule has 1 aliphatic rings. The molecule has 1 aliphatic heterocycles. The second-order valence-corrected chi connectivity index (χ2v) is 15.7. The van der Waals surface area contributed by atoms with Crippen molar-refractivity contribution in [2.45, 2.75) is 76.6 Å². The Morgan fingerprint density at radius 1 is 0.900 bits per heavy atom. The number of hydrogen-bond donors (Lipinski definition) is 0. The molecule has 0 saturated carbocycles. The van der Waals surface area contributed by atoms with Crippen molar-refractivity contribution in [3.63, 3.8) is 0 Å². The molecule has 5 nitrogen and oxygen atoms in total. The van der Waals surface area contributed by atoms with E-state index in [1.165, 1.54) is 23.6 Å². The summed E-state index contributed by atoms with van der Waals surface area (Å²) in [6.07, 6.45) is 4.63. The van der Waals surface area contributed by atoms with Crippen molar-refractivity contribution < 1.29 is 23.4 Å². The molecule has 40 heavy (non-hydrogen) atoms. The molecule has 0 aromatic heterocycles. The summed E-state index contributed by atoms with van der Waals surface area (Å²) in [6.45, 7) is 9.06. The molecular weight excluding hydrogens is 516 g/mol. The zero-order valence-corrected chi connectivity index (χ0v) is 25.3. The molecule has 3 aromatic rings. The summed E-state index contributed by atoms with van der Waals surface area (Å²) in [5, 5.41) is 2.43. The van der Waals surface area contributed by atoms with E-state index < -0.39 is 14.6 Å². The van der Waals surface area contributed by atoms with Crippen LogP contribution < -0.4 is 10.4 Å². The molecule has 0 N–H and O–H groups in total. The number of carbonyl (C=O) groups is 1. The standard InChI is InChI=1S/C34H42O5Si/c1-26(39-40(34(2,3)4,30-19-11-7-12-20-30)31-21-13-8-14-22-31)24-29-25-28(18-15-23-32(35)36-5)37-33(38-29)27-16-9-6-10-17-27/h6-17,19-23,26,28-29,33H,18,24-25H2,1-5H3/b23-15-/t26-,28+,29-,33+/m0/s1. The largest absolute Gasteiger partial charge is 0.466 e. The topological polar surface area (TPSA) is 54.0 Å². The smallest absolute Gasteiger partial charge is 0.330 e. The zero-order valence-electron chi connectivity index (χ0n) is 24.3. The Hall–Kier alpha value is -3.03. The number of esters is 1. The van der Waals surface area contributed by atoms with Crippen molar-refractivity contribution in [1.82, 2.24) is 0 Å². The van der Waals surface area contributed by atoms with Gasteiger partial charge in [0.25, 0.3) is 8.32 Å². The van der Waals surface area contributed by atoms with Gasteiger partial charge in [0, 0.05) is 24.2 Å². The Balaban J connectivity index is 1.59. The van der Waals surface area contributed by atoms with Gasteiger partial charge in [-0.3, -0.25) is 0 Å². The molecule has 1 heterocycles. The Morgan fingerprint density at radius 3 is 1.95 bits per heavy atom. The molecule has 4 atom stereocenters. The lowest BCUT2D eigenvalue weighted by Crippen LogP contribution is -2.67. The van der Waals surface area contributed by atoms with Crippen LogP contribution in [0.5, 0.6) is 0 Å². The summed E-state index contributed by atoms with van der Waals surface area (Å²) in [6, 6.07) is 31.5. The summed E-state index contributed by atoms with van der Waals surface area (Å²) in [5.74, 6) is -0.365. The van der Waals surface area contributed by atoms with Crippen LogP contribution in [0.1, 0.15) is 58.8 Å². The van der Waals surface area contributed by atoms with E-state index in [0.29, 0.717) is 12.8 Å². The van der Waals surface area contributed by atoms with E-state index in [4.69, 9.17) is 18.6 Å². The average molecular weight is 559 g/mol. The predicted molar refractivity (Wildman–Crippen MR) is 162 cm³/mol. The van der Waals surface area contributed by atoms with Crippen molar-refractivity contribution in [2.24, 2.45) is 0 Å². The Labute approximate surface area is 240 Å². The van der Waals surface area contributed by atoms with Gasteiger partial charge in [0.05, 0.1) is 19.3 Å². The first-order valence-corrected chi connectivity index (χ1v) is 16.0. The number of ether oxygens (including phenoxy) is 3. The average Bonchev–Trinajstić information content (AvgIpc) is 2.96. The third-order valence-electron chi connectivity index (χ3n) is 7.47. The molecule has 0 radical (unpaired) electrons. The Morgan fingerprint density at radius 2 is 1.43 bits per heavy atom. The van der Waals surface area contributed by atoms with Crippen molar-refractivity contribution >= 4 is 24.7 Å². The van der Waals surface area contributed by atoms with Crippen LogP contribution in [0.4, 0.5) is 0 Å². The minimum Gasteiger partial charge on any atom is -0.466 e. The highest BCUT2D eigenvalue weighted by Crippen LogP contribution is 2.39. The number of rotatable bonds is 10. The van der Waals surface area contributed by atoms with Crippen LogP contribution in [-0.2, 0) is 23.4 Å². The molecular formula is C34H42O5Si. The maximum atomic E-state index is 11.6. The van der Waals surface area contributed by atoms with E-state index in [1.807, 2.05) is 36.4 Å². The van der Waals surface area contributed by atoms with Crippen molar-refractivity contribution in [2.75, 3.05) is 7.11 Å². The second-order valence-electron chi connectivity index (χ2n) is 11.5. The van der Waals surface area contributed by atoms with Crippen LogP contribution in [0, 0.1) is 0 Å². The number of methoxy groups -OCH3 is 1. The van der Waals surface area contributed by atoms with E-state index in [-0.39, 0.29) is 29.3 Å². The quantitative estimate of drug-likeness (QED) is 0.165. The maximum Gasteiger partial charge on any atom is 0.330 e. The van der Waals surface area contributed by atoms with E-state index in [2.05, 4.69) is 88.4 Å². The Bertz CT molecular complexity index is 1180. The number of hydrogen-bond acceptors (Lipinski definition) is 5. The highest BCUT2D eigenvalue weighted by atomic mass is 28.4. The third-order valence-corrected chi connectivity index (χ3v) is 12.6. The van der Waals surface area contributed by atoms with E-state index in [1.54, 1.807) is 0 Å². The molecule has 1 saturated heterocycles. The van der Waals surface area contributed by atoms with Crippen LogP contribution in [0.15, 0.2) is 103 Å². The first-order chi connectivity index (χ1) is 19.2. The predicted octanol–water partition coefficient (Wildman–Crippen LogP) is 6.33. The third kappa shape index (κ3) is 7.18. The molecule has 6 heteroatoms. The van der Waals surface area contributed by atoms with Crippen LogP contribution in [0.2, 0.25) is 5.04 Å². The van der Waals surface area contributed by atoms with Gasteiger partial charge in [-0.1, -0.05) is 118 Å². The first-order valence-electron chi connectivity index (χ1n) is 14.1. The van der Waals surface area contributed by atoms with Gasteiger partial charge in [-0.15, -0.1) is 0 Å². The van der Waals surface area contributed by atoms with Gasteiger partial charge in [0.1, 0.15) is 0 Å². The molecule has 0 aliphatic carbocycles. The van der Waals surface area contributed by atoms with Gasteiger partial charge in [0.2, 0.25) is 0 Å². The number of carbonyl (C=O) groups excluding carboxylic acids is 1. The number of benzene rings is 3. The summed E-state index contributed by atoms with van der Waals surface area (Å²) in [4.78, 5) is 11.6. The van der Waals surface area contributed by atoms with Crippen LogP contribution >= 0.6 is 0 Å². The molecule has 0 unspecified atom stereocenters. The SMILES string of the molecule is COC(=O)/C=C\C[C@@H]1C[C@H](C[C@H](C)O[Si](c2ccccc2)(c2ccccc2)C(C)(C)C)O[C@H](c2ccccc2)O1. The molecule has 0 spiro atoms. The van der Waals surface area contributed by atoms with Gasteiger partial charge in [-0.05, 0) is 35.2 Å². The highest BCUT2D eigenvalue weighted by Gasteiger charge is 2.51. The molecule has 3 aromatic carbocycles. The minimum absolute atomic E-state index is 0.0583. The van der Waals surface area contributed by atoms with Gasteiger partial charge >= 0.3 is 5.97 Å². The van der Waals surface area contributed by atoms with E-state index >= 15 is 0 Å². The molecule has 212 valence electrons. The fraction of sp³-hybridized carbons (Fsp3) is 0.382. The monoisotopic (exact) mass is 558 g/mol. The normalized spacial score (nSPS) is 20.8. The summed E-state index contributed by atoms with van der Waals surface area (Å²) < 4.78 is 24.9. The maximum absolute atomic E-state index is 11.6. The van der Waals surface area contributed by atoms with Gasteiger partial charge < -0.3 is 18.6 Å². The van der Waals surface area contributed by atoms with Crippen molar-refractivity contribution in [3.05, 3.63) is 109 Å². The summed E-state index contributed by atoms with van der Waals surface area (Å²) in [7, 11) is -1.30. The van der Waals surface area contributed by atoms with Gasteiger partial charge in [0.15, 0.2) is 6.29 Å². The van der Waals surface area contributed by atoms with Crippen molar-refractivity contribution in [3.8, 4) is 0 Å². The zero-order chi connectivity index (χ0) is 28.6. The fourth-order valence-corrected chi connectivity index (χ4v) is 10.4. The van der Waals surface area contributed by atoms with Crippen molar-refractivity contribution in [1.29, 1.82) is 0 Å². The minimum atomic E-state index is -2.68. The van der Waals surface area contributed by atoms with Crippen LogP contribution in [-0.4, -0.2) is 39.7 Å². The van der Waals surface area contributed by atoms with Gasteiger partial charge in [-0.25, -0.2) is 4.79 Å². The highest BCUT2D eigenvalue weighted by molar-refractivity contribution is 6.99. The van der Waals surface area contributed by atoms with Gasteiger partial charge in [-0.2, -0.15) is 0 Å². The lowest BCUT2D eigenvalue weighted by atomic mass is 10.0. The summed E-state index contributed by atoms with van der Waals surface area (Å²) >= 11 is 0. The van der Waals surface area contributed by atoms with Crippen LogP contribution in [0.3, 0.4) is 0 Å². The molecule has 0 bridgehead atoms. The lowest BCUT2D eigenvalue weighted by Gasteiger charge is -2.45. The molecule has 1 fully saturated rings. The molecule has 4 rings (SSSR count). The second kappa shape index (κ2) is 13.6. The molecule has 0 amide bonds. The van der Waals surface area contributed by atoms with E-state index in [9.17, 15) is 4.79 Å². The fourth-order valence-electron chi connectivity index (χ4n) is 5.65. The first kappa shape index (κ1) is 29.9. The lowest BCUT2D eigenvalue weighted by molar-refractivity contribution is -0.250. The van der Waals surface area contributed by atoms with E-state index in [0.717, 1.165) is 12.0 Å². The summed E-state index contributed by atoms with van der Waals surface area (Å²) in [5.41, 5.74) is 0.981.